The maximum Gasteiger partial charge on any atom is 0.253 e. The Hall–Kier alpha value is -3.29. The van der Waals surface area contributed by atoms with E-state index in [2.05, 4.69) is 4.90 Å². The normalized spacial score (nSPS) is 15.3. The highest BCUT2D eigenvalue weighted by molar-refractivity contribution is 6.31. The molecule has 3 aromatic rings. The second-order valence-corrected chi connectivity index (χ2v) is 8.93. The number of carbonyl (C=O) groups is 2. The van der Waals surface area contributed by atoms with Crippen molar-refractivity contribution in [2.24, 2.45) is 5.73 Å². The smallest absolute Gasteiger partial charge is 0.253 e. The molecule has 0 unspecified atom stereocenters. The van der Waals surface area contributed by atoms with Gasteiger partial charge in [-0.15, -0.1) is 0 Å². The van der Waals surface area contributed by atoms with Gasteiger partial charge >= 0.3 is 0 Å². The van der Waals surface area contributed by atoms with E-state index in [1.165, 1.54) is 12.1 Å². The van der Waals surface area contributed by atoms with Gasteiger partial charge in [-0.25, -0.2) is 9.37 Å². The minimum absolute atomic E-state index is 0.00610. The lowest BCUT2D eigenvalue weighted by atomic mass is 10.0. The van der Waals surface area contributed by atoms with E-state index in [0.29, 0.717) is 47.6 Å². The van der Waals surface area contributed by atoms with Gasteiger partial charge in [0.05, 0.1) is 16.4 Å². The number of hydrogen-bond donors (Lipinski definition) is 1. The van der Waals surface area contributed by atoms with Crippen molar-refractivity contribution in [3.63, 3.8) is 0 Å². The molecule has 0 atom stereocenters. The third kappa shape index (κ3) is 3.87. The lowest BCUT2D eigenvalue weighted by molar-refractivity contribution is 0.0664. The number of fused-ring (bicyclic) bond motifs is 3. The fraction of sp³-hybridized carbons (Fsp3) is 0.240. The zero-order valence-corrected chi connectivity index (χ0v) is 18.8. The Morgan fingerprint density at radius 2 is 1.82 bits per heavy atom. The van der Waals surface area contributed by atoms with E-state index >= 15 is 0 Å². The van der Waals surface area contributed by atoms with Crippen LogP contribution in [0.5, 0.6) is 0 Å². The highest BCUT2D eigenvalue weighted by atomic mass is 35.5. The van der Waals surface area contributed by atoms with Gasteiger partial charge in [0.2, 0.25) is 5.91 Å². The molecule has 5 rings (SSSR count). The molecule has 6 nitrogen and oxygen atoms in total. The maximum absolute atomic E-state index is 13.6. The minimum Gasteiger partial charge on any atom is -0.366 e. The first-order chi connectivity index (χ1) is 15.8. The lowest BCUT2D eigenvalue weighted by Crippen LogP contribution is -2.47. The van der Waals surface area contributed by atoms with Crippen LogP contribution in [-0.2, 0) is 6.42 Å². The summed E-state index contributed by atoms with van der Waals surface area (Å²) in [5.74, 6) is -1.09. The standard InChI is InChI=1S/C25H22ClFN4O2/c1-30-6-8-31(9-7-30)25(33)15-2-4-17-16(10-15)11-18-19(24(28)32)13-22(29-23(17)18)14-3-5-21(27)20(26)12-14/h2-5,10,12-13H,6-9,11H2,1H3,(H2,28,32). The first-order valence-electron chi connectivity index (χ1n) is 10.7. The summed E-state index contributed by atoms with van der Waals surface area (Å²) in [6.07, 6.45) is 0.463. The first-order valence-corrected chi connectivity index (χ1v) is 11.1. The van der Waals surface area contributed by atoms with Crippen LogP contribution in [0.2, 0.25) is 5.02 Å². The van der Waals surface area contributed by atoms with Gasteiger partial charge in [0.25, 0.3) is 5.91 Å². The number of halogens is 2. The lowest BCUT2D eigenvalue weighted by Gasteiger charge is -2.32. The van der Waals surface area contributed by atoms with Crippen molar-refractivity contribution in [3.8, 4) is 22.5 Å². The van der Waals surface area contributed by atoms with E-state index < -0.39 is 11.7 Å². The van der Waals surface area contributed by atoms with Crippen molar-refractivity contribution in [2.75, 3.05) is 33.2 Å². The number of hydrogen-bond acceptors (Lipinski definition) is 4. The zero-order valence-electron chi connectivity index (χ0n) is 18.1. The van der Waals surface area contributed by atoms with E-state index in [1.807, 2.05) is 30.1 Å². The number of piperazine rings is 1. The van der Waals surface area contributed by atoms with Gasteiger partial charge in [-0.1, -0.05) is 17.7 Å². The Balaban J connectivity index is 1.54. The summed E-state index contributed by atoms with van der Waals surface area (Å²) in [6, 6.07) is 11.5. The monoisotopic (exact) mass is 464 g/mol. The number of nitrogens with zero attached hydrogens (tertiary/aromatic N) is 3. The maximum atomic E-state index is 13.6. The summed E-state index contributed by atoms with van der Waals surface area (Å²) in [6.45, 7) is 3.10. The van der Waals surface area contributed by atoms with Crippen LogP contribution < -0.4 is 5.73 Å². The molecule has 168 valence electrons. The summed E-state index contributed by atoms with van der Waals surface area (Å²) in [5, 5.41) is -0.0251. The predicted molar refractivity (Wildman–Crippen MR) is 125 cm³/mol. The molecule has 1 saturated heterocycles. The van der Waals surface area contributed by atoms with E-state index in [4.69, 9.17) is 22.3 Å². The van der Waals surface area contributed by atoms with Crippen LogP contribution in [0.4, 0.5) is 4.39 Å². The summed E-state index contributed by atoms with van der Waals surface area (Å²) < 4.78 is 13.6. The van der Waals surface area contributed by atoms with Crippen molar-refractivity contribution < 1.29 is 14.0 Å². The molecule has 0 bridgehead atoms. The van der Waals surface area contributed by atoms with E-state index in [0.717, 1.165) is 29.8 Å². The Morgan fingerprint density at radius 1 is 1.06 bits per heavy atom. The molecule has 1 aliphatic carbocycles. The molecule has 8 heteroatoms. The average molecular weight is 465 g/mol. The quantitative estimate of drug-likeness (QED) is 0.502. The van der Waals surface area contributed by atoms with Crippen molar-refractivity contribution in [2.45, 2.75) is 6.42 Å². The largest absolute Gasteiger partial charge is 0.366 e. The summed E-state index contributed by atoms with van der Waals surface area (Å²) >= 11 is 5.95. The number of carbonyl (C=O) groups excluding carboxylic acids is 2. The second-order valence-electron chi connectivity index (χ2n) is 8.52. The summed E-state index contributed by atoms with van der Waals surface area (Å²) in [5.41, 5.74) is 10.9. The molecule has 1 aliphatic heterocycles. The van der Waals surface area contributed by atoms with Gasteiger partial charge in [0.1, 0.15) is 5.82 Å². The SMILES string of the molecule is CN1CCN(C(=O)c2ccc3c(c2)Cc2c(C(N)=O)cc(-c4ccc(F)c(Cl)c4)nc2-3)CC1. The predicted octanol–water partition coefficient (Wildman–Crippen LogP) is 3.60. The Labute approximate surface area is 195 Å². The molecule has 1 aromatic heterocycles. The molecule has 2 aliphatic rings. The molecular weight excluding hydrogens is 443 g/mol. The highest BCUT2D eigenvalue weighted by Gasteiger charge is 2.28. The third-order valence-electron chi connectivity index (χ3n) is 6.37. The van der Waals surface area contributed by atoms with Gasteiger partial charge in [-0.3, -0.25) is 9.59 Å². The van der Waals surface area contributed by atoms with Gasteiger partial charge in [0, 0.05) is 54.9 Å². The van der Waals surface area contributed by atoms with Crippen LogP contribution in [0.3, 0.4) is 0 Å². The number of amides is 2. The molecule has 2 amide bonds. The van der Waals surface area contributed by atoms with E-state index in [-0.39, 0.29) is 10.9 Å². The van der Waals surface area contributed by atoms with Crippen molar-refractivity contribution in [1.29, 1.82) is 0 Å². The molecular formula is C25H22ClFN4O2. The van der Waals surface area contributed by atoms with Crippen molar-refractivity contribution >= 4 is 23.4 Å². The fourth-order valence-corrected chi connectivity index (χ4v) is 4.66. The molecule has 2 aromatic carbocycles. The zero-order chi connectivity index (χ0) is 23.3. The van der Waals surface area contributed by atoms with Gasteiger partial charge in [-0.05, 0) is 54.6 Å². The summed E-state index contributed by atoms with van der Waals surface area (Å²) in [4.78, 5) is 34.1. The third-order valence-corrected chi connectivity index (χ3v) is 6.66. The molecule has 0 spiro atoms. The molecule has 2 heterocycles. The molecule has 1 fully saturated rings. The first kappa shape index (κ1) is 21.6. The topological polar surface area (TPSA) is 79.5 Å². The number of primary amides is 1. The molecule has 0 saturated carbocycles. The number of rotatable bonds is 3. The fourth-order valence-electron chi connectivity index (χ4n) is 4.48. The molecule has 33 heavy (non-hydrogen) atoms. The van der Waals surface area contributed by atoms with Crippen molar-refractivity contribution in [1.82, 2.24) is 14.8 Å². The Bertz CT molecular complexity index is 1300. The van der Waals surface area contributed by atoms with E-state index in [9.17, 15) is 14.0 Å². The molecule has 2 N–H and O–H groups in total. The van der Waals surface area contributed by atoms with Gasteiger partial charge < -0.3 is 15.5 Å². The number of likely N-dealkylation sites (N-methyl/N-ethyl adjacent to an activating group) is 1. The number of nitrogens with two attached hydrogens (primary N) is 1. The number of aromatic nitrogens is 1. The van der Waals surface area contributed by atoms with Crippen LogP contribution in [0.1, 0.15) is 31.8 Å². The van der Waals surface area contributed by atoms with Crippen LogP contribution in [0.15, 0.2) is 42.5 Å². The number of pyridine rings is 1. The van der Waals surface area contributed by atoms with Gasteiger partial charge in [-0.2, -0.15) is 0 Å². The van der Waals surface area contributed by atoms with Gasteiger partial charge in [0.15, 0.2) is 0 Å². The number of benzene rings is 2. The highest BCUT2D eigenvalue weighted by Crippen LogP contribution is 2.39. The van der Waals surface area contributed by atoms with Crippen LogP contribution in [0.25, 0.3) is 22.5 Å². The van der Waals surface area contributed by atoms with Crippen molar-refractivity contribution in [3.05, 3.63) is 75.6 Å². The summed E-state index contributed by atoms with van der Waals surface area (Å²) in [7, 11) is 2.05. The second kappa shape index (κ2) is 8.24. The minimum atomic E-state index is -0.565. The Kier molecular flexibility index (Phi) is 5.38. The van der Waals surface area contributed by atoms with E-state index in [1.54, 1.807) is 12.1 Å². The average Bonchev–Trinajstić information content (AvgIpc) is 3.18. The van der Waals surface area contributed by atoms with Crippen LogP contribution in [0, 0.1) is 5.82 Å². The Morgan fingerprint density at radius 3 is 2.52 bits per heavy atom. The van der Waals surface area contributed by atoms with Crippen LogP contribution in [-0.4, -0.2) is 59.8 Å². The van der Waals surface area contributed by atoms with Crippen LogP contribution >= 0.6 is 11.6 Å². The molecule has 0 radical (unpaired) electrons.